The van der Waals surface area contributed by atoms with Crippen LogP contribution in [0.1, 0.15) is 24.5 Å². The van der Waals surface area contributed by atoms with Crippen molar-refractivity contribution in [1.29, 1.82) is 0 Å². The Morgan fingerprint density at radius 1 is 1.12 bits per heavy atom. The summed E-state index contributed by atoms with van der Waals surface area (Å²) in [6.07, 6.45) is 1.90. The van der Waals surface area contributed by atoms with Crippen LogP contribution >= 0.6 is 0 Å². The molecule has 4 heteroatoms. The second-order valence-electron chi connectivity index (χ2n) is 6.32. The average molecular weight is 323 g/mol. The van der Waals surface area contributed by atoms with E-state index in [0.29, 0.717) is 0 Å². The van der Waals surface area contributed by atoms with Gasteiger partial charge >= 0.3 is 6.03 Å². The number of para-hydroxylation sites is 1. The average Bonchev–Trinajstić information content (AvgIpc) is 3.03. The lowest BCUT2D eigenvalue weighted by molar-refractivity contribution is 0.247. The zero-order valence-corrected chi connectivity index (χ0v) is 14.2. The lowest BCUT2D eigenvalue weighted by Gasteiger charge is -2.17. The van der Waals surface area contributed by atoms with E-state index in [4.69, 9.17) is 0 Å². The second kappa shape index (κ2) is 7.97. The van der Waals surface area contributed by atoms with Gasteiger partial charge in [0.25, 0.3) is 0 Å². The molecule has 1 heterocycles. The van der Waals surface area contributed by atoms with Crippen molar-refractivity contribution >= 4 is 11.7 Å². The largest absolute Gasteiger partial charge is 0.334 e. The second-order valence-corrected chi connectivity index (χ2v) is 6.32. The Morgan fingerprint density at radius 2 is 1.88 bits per heavy atom. The molecule has 1 atom stereocenters. The van der Waals surface area contributed by atoms with Crippen molar-refractivity contribution < 1.29 is 4.79 Å². The molecule has 1 unspecified atom stereocenters. The number of amides is 2. The molecule has 1 fully saturated rings. The van der Waals surface area contributed by atoms with Crippen LogP contribution in [0, 0.1) is 0 Å². The van der Waals surface area contributed by atoms with E-state index in [1.54, 1.807) is 0 Å². The van der Waals surface area contributed by atoms with Gasteiger partial charge in [0.2, 0.25) is 0 Å². The number of hydrogen-bond donors (Lipinski definition) is 2. The molecule has 126 valence electrons. The third kappa shape index (κ3) is 4.36. The first-order chi connectivity index (χ1) is 11.7. The summed E-state index contributed by atoms with van der Waals surface area (Å²) in [6, 6.07) is 18.5. The van der Waals surface area contributed by atoms with Gasteiger partial charge in [0, 0.05) is 31.4 Å². The Kier molecular flexibility index (Phi) is 5.49. The molecule has 2 amide bonds. The lowest BCUT2D eigenvalue weighted by atomic mass is 10.1. The van der Waals surface area contributed by atoms with Crippen LogP contribution in [-0.4, -0.2) is 30.1 Å². The van der Waals surface area contributed by atoms with E-state index in [0.717, 1.165) is 43.7 Å². The number of carbonyl (C=O) groups is 1. The van der Waals surface area contributed by atoms with Crippen molar-refractivity contribution in [1.82, 2.24) is 10.2 Å². The first-order valence-corrected chi connectivity index (χ1v) is 8.66. The third-order valence-electron chi connectivity index (χ3n) is 4.50. The molecule has 2 aromatic rings. The smallest absolute Gasteiger partial charge is 0.319 e. The van der Waals surface area contributed by atoms with Gasteiger partial charge < -0.3 is 10.6 Å². The van der Waals surface area contributed by atoms with Crippen LogP contribution in [0.3, 0.4) is 0 Å². The summed E-state index contributed by atoms with van der Waals surface area (Å²) in [5.74, 6) is 0. The number of nitrogens with zero attached hydrogens (tertiary/aromatic N) is 1. The molecule has 0 aliphatic carbocycles. The highest BCUT2D eigenvalue weighted by Gasteiger charge is 2.23. The van der Waals surface area contributed by atoms with Gasteiger partial charge in [-0.3, -0.25) is 4.90 Å². The van der Waals surface area contributed by atoms with Crippen LogP contribution in [0.2, 0.25) is 0 Å². The van der Waals surface area contributed by atoms with Crippen LogP contribution in [0.25, 0.3) is 0 Å². The maximum Gasteiger partial charge on any atom is 0.319 e. The predicted molar refractivity (Wildman–Crippen MR) is 98.1 cm³/mol. The molecular weight excluding hydrogens is 298 g/mol. The number of rotatable bonds is 5. The van der Waals surface area contributed by atoms with Crippen LogP contribution in [0.15, 0.2) is 54.6 Å². The van der Waals surface area contributed by atoms with E-state index in [-0.39, 0.29) is 12.1 Å². The van der Waals surface area contributed by atoms with Crippen molar-refractivity contribution in [2.24, 2.45) is 0 Å². The normalized spacial score (nSPS) is 17.6. The molecule has 4 nitrogen and oxygen atoms in total. The van der Waals surface area contributed by atoms with Crippen LogP contribution in [0.5, 0.6) is 0 Å². The molecular formula is C20H25N3O. The standard InChI is InChI=1S/C20H25N3O/c1-2-17-10-6-7-11-19(17)22-20(24)21-18-12-13-23(15-18)14-16-8-4-3-5-9-16/h3-11,18H,2,12-15H2,1H3,(H2,21,22,24). The van der Waals surface area contributed by atoms with Crippen LogP contribution in [0.4, 0.5) is 10.5 Å². The van der Waals surface area contributed by atoms with E-state index in [1.807, 2.05) is 30.3 Å². The minimum absolute atomic E-state index is 0.109. The highest BCUT2D eigenvalue weighted by molar-refractivity contribution is 5.90. The molecule has 1 aliphatic rings. The van der Waals surface area contributed by atoms with Crippen LogP contribution < -0.4 is 10.6 Å². The fourth-order valence-corrected chi connectivity index (χ4v) is 3.23. The number of carbonyl (C=O) groups excluding carboxylic acids is 1. The fourth-order valence-electron chi connectivity index (χ4n) is 3.23. The van der Waals surface area contributed by atoms with E-state index >= 15 is 0 Å². The first-order valence-electron chi connectivity index (χ1n) is 8.66. The Morgan fingerprint density at radius 3 is 2.67 bits per heavy atom. The maximum atomic E-state index is 12.3. The zero-order chi connectivity index (χ0) is 16.8. The third-order valence-corrected chi connectivity index (χ3v) is 4.50. The van der Waals surface area contributed by atoms with E-state index in [9.17, 15) is 4.79 Å². The maximum absolute atomic E-state index is 12.3. The minimum Gasteiger partial charge on any atom is -0.334 e. The van der Waals surface area contributed by atoms with Gasteiger partial charge in [0.05, 0.1) is 0 Å². The molecule has 1 saturated heterocycles. The van der Waals surface area contributed by atoms with Gasteiger partial charge in [-0.05, 0) is 30.0 Å². The van der Waals surface area contributed by atoms with Crippen molar-refractivity contribution in [2.45, 2.75) is 32.4 Å². The van der Waals surface area contributed by atoms with Crippen molar-refractivity contribution in [3.63, 3.8) is 0 Å². The molecule has 24 heavy (non-hydrogen) atoms. The van der Waals surface area contributed by atoms with Gasteiger partial charge in [0.15, 0.2) is 0 Å². The topological polar surface area (TPSA) is 44.4 Å². The zero-order valence-electron chi connectivity index (χ0n) is 14.2. The monoisotopic (exact) mass is 323 g/mol. The number of hydrogen-bond acceptors (Lipinski definition) is 2. The molecule has 0 saturated carbocycles. The van der Waals surface area contributed by atoms with Gasteiger partial charge in [-0.25, -0.2) is 4.79 Å². The van der Waals surface area contributed by atoms with Gasteiger partial charge in [0.1, 0.15) is 0 Å². The molecule has 1 aliphatic heterocycles. The Bertz CT molecular complexity index is 672. The summed E-state index contributed by atoms with van der Waals surface area (Å²) in [5, 5.41) is 6.09. The van der Waals surface area contributed by atoms with E-state index < -0.39 is 0 Å². The highest BCUT2D eigenvalue weighted by atomic mass is 16.2. The molecule has 0 aromatic heterocycles. The molecule has 0 radical (unpaired) electrons. The quantitative estimate of drug-likeness (QED) is 0.882. The summed E-state index contributed by atoms with van der Waals surface area (Å²) >= 11 is 0. The van der Waals surface area contributed by atoms with Crippen LogP contribution in [-0.2, 0) is 13.0 Å². The number of aryl methyl sites for hydroxylation is 1. The lowest BCUT2D eigenvalue weighted by Crippen LogP contribution is -2.39. The summed E-state index contributed by atoms with van der Waals surface area (Å²) < 4.78 is 0. The summed E-state index contributed by atoms with van der Waals surface area (Å²) in [5.41, 5.74) is 3.38. The van der Waals surface area contributed by atoms with Gasteiger partial charge in [-0.15, -0.1) is 0 Å². The van der Waals surface area contributed by atoms with Crippen molar-refractivity contribution in [3.8, 4) is 0 Å². The predicted octanol–water partition coefficient (Wildman–Crippen LogP) is 3.65. The number of likely N-dealkylation sites (tertiary alicyclic amines) is 1. The molecule has 2 aromatic carbocycles. The summed E-state index contributed by atoms with van der Waals surface area (Å²) in [7, 11) is 0. The Labute approximate surface area is 143 Å². The van der Waals surface area contributed by atoms with Crippen molar-refractivity contribution in [3.05, 3.63) is 65.7 Å². The van der Waals surface area contributed by atoms with Gasteiger partial charge in [-0.2, -0.15) is 0 Å². The molecule has 2 N–H and O–H groups in total. The first kappa shape index (κ1) is 16.5. The van der Waals surface area contributed by atoms with Crippen molar-refractivity contribution in [2.75, 3.05) is 18.4 Å². The van der Waals surface area contributed by atoms with E-state index in [1.165, 1.54) is 5.56 Å². The van der Waals surface area contributed by atoms with Gasteiger partial charge in [-0.1, -0.05) is 55.5 Å². The molecule has 0 spiro atoms. The highest BCUT2D eigenvalue weighted by Crippen LogP contribution is 2.16. The number of anilines is 1. The Balaban J connectivity index is 1.49. The number of benzene rings is 2. The Hall–Kier alpha value is -2.33. The minimum atomic E-state index is -0.109. The molecule has 3 rings (SSSR count). The summed E-state index contributed by atoms with van der Waals surface area (Å²) in [4.78, 5) is 14.6. The number of urea groups is 1. The SMILES string of the molecule is CCc1ccccc1NC(=O)NC1CCN(Cc2ccccc2)C1. The fraction of sp³-hybridized carbons (Fsp3) is 0.350. The number of nitrogens with one attached hydrogen (secondary N) is 2. The summed E-state index contributed by atoms with van der Waals surface area (Å²) in [6.45, 7) is 4.96. The molecule has 0 bridgehead atoms. The van der Waals surface area contributed by atoms with E-state index in [2.05, 4.69) is 46.7 Å².